The first-order valence-corrected chi connectivity index (χ1v) is 6.63. The summed E-state index contributed by atoms with van der Waals surface area (Å²) in [6.45, 7) is 2.61. The maximum Gasteiger partial charge on any atom is 0.286 e. The lowest BCUT2D eigenvalue weighted by atomic mass is 10.3. The van der Waals surface area contributed by atoms with Crippen molar-refractivity contribution in [3.05, 3.63) is 34.0 Å². The molecule has 2 aromatic rings. The van der Waals surface area contributed by atoms with E-state index in [1.165, 1.54) is 12.1 Å². The summed E-state index contributed by atoms with van der Waals surface area (Å²) in [6, 6.07) is 4.03. The first-order chi connectivity index (χ1) is 9.10. The number of halogens is 2. The van der Waals surface area contributed by atoms with Gasteiger partial charge in [0.2, 0.25) is 10.1 Å². The SMILES string of the molecule is CCNc1nnc(C(=O)Nc2ccc(Cl)c(F)c2)s1. The van der Waals surface area contributed by atoms with Gasteiger partial charge in [0.05, 0.1) is 5.02 Å². The van der Waals surface area contributed by atoms with E-state index < -0.39 is 11.7 Å². The summed E-state index contributed by atoms with van der Waals surface area (Å²) >= 11 is 6.68. The highest BCUT2D eigenvalue weighted by Gasteiger charge is 2.13. The van der Waals surface area contributed by atoms with Gasteiger partial charge in [-0.2, -0.15) is 0 Å². The van der Waals surface area contributed by atoms with Gasteiger partial charge >= 0.3 is 0 Å². The molecule has 19 heavy (non-hydrogen) atoms. The molecule has 0 aliphatic heterocycles. The number of amides is 1. The molecule has 2 rings (SSSR count). The Morgan fingerprint density at radius 1 is 1.47 bits per heavy atom. The van der Waals surface area contributed by atoms with E-state index >= 15 is 0 Å². The molecule has 1 aromatic carbocycles. The van der Waals surface area contributed by atoms with Gasteiger partial charge in [-0.25, -0.2) is 4.39 Å². The number of carbonyl (C=O) groups excluding carboxylic acids is 1. The highest BCUT2D eigenvalue weighted by atomic mass is 35.5. The van der Waals surface area contributed by atoms with Crippen LogP contribution in [0.15, 0.2) is 18.2 Å². The number of hydrogen-bond donors (Lipinski definition) is 2. The summed E-state index contributed by atoms with van der Waals surface area (Å²) in [5, 5.41) is 13.8. The second kappa shape index (κ2) is 5.94. The van der Waals surface area contributed by atoms with Crippen LogP contribution in [0.2, 0.25) is 5.02 Å². The number of anilines is 2. The Morgan fingerprint density at radius 3 is 2.95 bits per heavy atom. The molecule has 5 nitrogen and oxygen atoms in total. The fourth-order valence-electron chi connectivity index (χ4n) is 1.30. The van der Waals surface area contributed by atoms with Crippen LogP contribution in [0.5, 0.6) is 0 Å². The normalized spacial score (nSPS) is 10.3. The average molecular weight is 301 g/mol. The molecule has 0 fully saturated rings. The molecule has 0 saturated heterocycles. The zero-order valence-electron chi connectivity index (χ0n) is 9.91. The molecule has 0 unspecified atom stereocenters. The Bertz CT molecular complexity index is 604. The summed E-state index contributed by atoms with van der Waals surface area (Å²) in [4.78, 5) is 11.8. The second-order valence-corrected chi connectivity index (χ2v) is 4.91. The zero-order valence-corrected chi connectivity index (χ0v) is 11.5. The molecule has 1 amide bonds. The maximum absolute atomic E-state index is 13.2. The number of benzene rings is 1. The molecular weight excluding hydrogens is 291 g/mol. The fourth-order valence-corrected chi connectivity index (χ4v) is 2.12. The Kier molecular flexibility index (Phi) is 4.28. The molecule has 8 heteroatoms. The van der Waals surface area contributed by atoms with E-state index in [0.717, 1.165) is 17.4 Å². The van der Waals surface area contributed by atoms with Gasteiger partial charge in [-0.3, -0.25) is 4.79 Å². The number of nitrogens with zero attached hydrogens (tertiary/aromatic N) is 2. The van der Waals surface area contributed by atoms with Gasteiger partial charge in [0.1, 0.15) is 5.82 Å². The van der Waals surface area contributed by atoms with E-state index in [0.29, 0.717) is 17.4 Å². The average Bonchev–Trinajstić information content (AvgIpc) is 2.83. The minimum atomic E-state index is -0.593. The minimum Gasteiger partial charge on any atom is -0.360 e. The quantitative estimate of drug-likeness (QED) is 0.911. The Morgan fingerprint density at radius 2 is 2.26 bits per heavy atom. The highest BCUT2D eigenvalue weighted by molar-refractivity contribution is 7.17. The summed E-state index contributed by atoms with van der Waals surface area (Å²) in [5.41, 5.74) is 0.312. The van der Waals surface area contributed by atoms with Crippen molar-refractivity contribution in [2.75, 3.05) is 17.2 Å². The molecule has 0 saturated carbocycles. The highest BCUT2D eigenvalue weighted by Crippen LogP contribution is 2.20. The van der Waals surface area contributed by atoms with Crippen LogP contribution in [-0.4, -0.2) is 22.6 Å². The molecule has 1 heterocycles. The summed E-state index contributed by atoms with van der Waals surface area (Å²) < 4.78 is 13.2. The van der Waals surface area contributed by atoms with Crippen LogP contribution in [0.25, 0.3) is 0 Å². The molecule has 0 spiro atoms. The van der Waals surface area contributed by atoms with Crippen molar-refractivity contribution in [2.45, 2.75) is 6.92 Å². The Hall–Kier alpha value is -1.73. The van der Waals surface area contributed by atoms with Gasteiger partial charge < -0.3 is 10.6 Å². The molecule has 0 atom stereocenters. The Labute approximate surface area is 117 Å². The van der Waals surface area contributed by atoms with Crippen LogP contribution in [0, 0.1) is 5.82 Å². The molecular formula is C11H10ClFN4OS. The molecule has 0 radical (unpaired) electrons. The van der Waals surface area contributed by atoms with E-state index in [1.54, 1.807) is 0 Å². The van der Waals surface area contributed by atoms with E-state index in [9.17, 15) is 9.18 Å². The van der Waals surface area contributed by atoms with Gasteiger partial charge in [-0.1, -0.05) is 22.9 Å². The van der Waals surface area contributed by atoms with E-state index in [4.69, 9.17) is 11.6 Å². The molecule has 2 N–H and O–H groups in total. The molecule has 0 aliphatic rings. The maximum atomic E-state index is 13.2. The number of nitrogens with one attached hydrogen (secondary N) is 2. The van der Waals surface area contributed by atoms with Crippen molar-refractivity contribution < 1.29 is 9.18 Å². The number of aromatic nitrogens is 2. The lowest BCUT2D eigenvalue weighted by Crippen LogP contribution is -2.11. The molecule has 0 aliphatic carbocycles. The molecule has 0 bridgehead atoms. The summed E-state index contributed by atoms with van der Waals surface area (Å²) in [6.07, 6.45) is 0. The van der Waals surface area contributed by atoms with Gasteiger partial charge in [0.25, 0.3) is 5.91 Å². The smallest absolute Gasteiger partial charge is 0.286 e. The van der Waals surface area contributed by atoms with E-state index in [1.807, 2.05) is 6.92 Å². The van der Waals surface area contributed by atoms with Gasteiger partial charge in [0.15, 0.2) is 0 Å². The second-order valence-electron chi connectivity index (χ2n) is 3.53. The number of carbonyl (C=O) groups is 1. The third-order valence-corrected chi connectivity index (χ3v) is 3.31. The monoisotopic (exact) mass is 300 g/mol. The van der Waals surface area contributed by atoms with Crippen molar-refractivity contribution in [1.29, 1.82) is 0 Å². The predicted molar refractivity (Wildman–Crippen MR) is 73.4 cm³/mol. The van der Waals surface area contributed by atoms with Gasteiger partial charge in [-0.15, -0.1) is 10.2 Å². The van der Waals surface area contributed by atoms with Crippen molar-refractivity contribution in [3.63, 3.8) is 0 Å². The van der Waals surface area contributed by atoms with Crippen molar-refractivity contribution in [3.8, 4) is 0 Å². The van der Waals surface area contributed by atoms with Gasteiger partial charge in [0, 0.05) is 12.2 Å². The Balaban J connectivity index is 2.09. The van der Waals surface area contributed by atoms with Crippen molar-refractivity contribution >= 4 is 39.7 Å². The summed E-state index contributed by atoms with van der Waals surface area (Å²) in [7, 11) is 0. The van der Waals surface area contributed by atoms with Crippen molar-refractivity contribution in [2.24, 2.45) is 0 Å². The fraction of sp³-hybridized carbons (Fsp3) is 0.182. The standard InChI is InChI=1S/C11H10ClFN4OS/c1-2-14-11-17-16-10(19-11)9(18)15-6-3-4-7(12)8(13)5-6/h3-5H,2H2,1H3,(H,14,17)(H,15,18). The van der Waals surface area contributed by atoms with E-state index in [2.05, 4.69) is 20.8 Å². The van der Waals surface area contributed by atoms with Crippen LogP contribution < -0.4 is 10.6 Å². The molecule has 100 valence electrons. The van der Waals surface area contributed by atoms with Crippen molar-refractivity contribution in [1.82, 2.24) is 10.2 Å². The van der Waals surface area contributed by atoms with Crippen LogP contribution in [0.4, 0.5) is 15.2 Å². The number of hydrogen-bond acceptors (Lipinski definition) is 5. The first kappa shape index (κ1) is 13.7. The van der Waals surface area contributed by atoms with Crippen LogP contribution in [0.1, 0.15) is 16.7 Å². The lowest BCUT2D eigenvalue weighted by Gasteiger charge is -2.03. The minimum absolute atomic E-state index is 0.00310. The number of rotatable bonds is 4. The molecule has 1 aromatic heterocycles. The lowest BCUT2D eigenvalue weighted by molar-refractivity contribution is 0.102. The summed E-state index contributed by atoms with van der Waals surface area (Å²) in [5.74, 6) is -1.03. The predicted octanol–water partition coefficient (Wildman–Crippen LogP) is 3.01. The zero-order chi connectivity index (χ0) is 13.8. The van der Waals surface area contributed by atoms with Crippen LogP contribution >= 0.6 is 22.9 Å². The topological polar surface area (TPSA) is 66.9 Å². The largest absolute Gasteiger partial charge is 0.360 e. The van der Waals surface area contributed by atoms with Crippen LogP contribution in [0.3, 0.4) is 0 Å². The van der Waals surface area contributed by atoms with Crippen LogP contribution in [-0.2, 0) is 0 Å². The first-order valence-electron chi connectivity index (χ1n) is 5.44. The third-order valence-electron chi connectivity index (χ3n) is 2.12. The van der Waals surface area contributed by atoms with E-state index in [-0.39, 0.29) is 10.0 Å². The third kappa shape index (κ3) is 3.39. The van der Waals surface area contributed by atoms with Gasteiger partial charge in [-0.05, 0) is 25.1 Å².